The molecule has 3 aliphatic heterocycles. The SMILES string of the molecule is CCc1ccc2c(c1)[C@]1(N[C@@H]([C@@H](C)O)[C@H]3C(=O)N(CCc4ccccc4)C(=O)[C@@H]31)C(=O)N2. The van der Waals surface area contributed by atoms with Crippen molar-refractivity contribution in [3.63, 3.8) is 0 Å². The number of fused-ring (bicyclic) bond motifs is 4. The minimum atomic E-state index is -1.36. The van der Waals surface area contributed by atoms with Gasteiger partial charge in [-0.1, -0.05) is 49.4 Å². The number of imide groups is 1. The molecule has 2 fully saturated rings. The molecule has 2 aromatic carbocycles. The largest absolute Gasteiger partial charge is 0.392 e. The molecule has 0 saturated carbocycles. The van der Waals surface area contributed by atoms with Crippen molar-refractivity contribution in [2.75, 3.05) is 11.9 Å². The van der Waals surface area contributed by atoms with E-state index in [1.54, 1.807) is 6.92 Å². The average Bonchev–Trinajstić information content (AvgIpc) is 3.38. The smallest absolute Gasteiger partial charge is 0.250 e. The summed E-state index contributed by atoms with van der Waals surface area (Å²) < 4.78 is 0. The second-order valence-electron chi connectivity index (χ2n) is 8.97. The van der Waals surface area contributed by atoms with Gasteiger partial charge >= 0.3 is 0 Å². The van der Waals surface area contributed by atoms with Crippen LogP contribution in [0, 0.1) is 11.8 Å². The predicted octanol–water partition coefficient (Wildman–Crippen LogP) is 1.59. The van der Waals surface area contributed by atoms with Gasteiger partial charge in [-0.2, -0.15) is 0 Å². The zero-order valence-corrected chi connectivity index (χ0v) is 18.2. The van der Waals surface area contributed by atoms with Crippen molar-refractivity contribution in [3.8, 4) is 0 Å². The molecule has 7 heteroatoms. The van der Waals surface area contributed by atoms with E-state index < -0.39 is 29.5 Å². The molecule has 0 radical (unpaired) electrons. The van der Waals surface area contributed by atoms with Crippen LogP contribution in [0.4, 0.5) is 5.69 Å². The van der Waals surface area contributed by atoms with Crippen molar-refractivity contribution >= 4 is 23.4 Å². The molecule has 0 aromatic heterocycles. The summed E-state index contributed by atoms with van der Waals surface area (Å²) in [6.07, 6.45) is 0.417. The van der Waals surface area contributed by atoms with Crippen molar-refractivity contribution in [2.45, 2.75) is 44.4 Å². The molecule has 3 heterocycles. The van der Waals surface area contributed by atoms with Gasteiger partial charge in [0.15, 0.2) is 0 Å². The molecule has 0 bridgehead atoms. The Morgan fingerprint density at radius 1 is 1.06 bits per heavy atom. The molecule has 7 nitrogen and oxygen atoms in total. The number of nitrogens with one attached hydrogen (secondary N) is 2. The van der Waals surface area contributed by atoms with E-state index in [-0.39, 0.29) is 24.3 Å². The lowest BCUT2D eigenvalue weighted by Gasteiger charge is -2.30. The number of amides is 3. The summed E-state index contributed by atoms with van der Waals surface area (Å²) in [7, 11) is 0. The van der Waals surface area contributed by atoms with E-state index in [1.165, 1.54) is 4.90 Å². The number of likely N-dealkylation sites (tertiary alicyclic amines) is 1. The Balaban J connectivity index is 1.56. The number of aryl methyl sites for hydroxylation is 1. The van der Waals surface area contributed by atoms with Crippen molar-refractivity contribution in [3.05, 3.63) is 65.2 Å². The summed E-state index contributed by atoms with van der Waals surface area (Å²) >= 11 is 0. The predicted molar refractivity (Wildman–Crippen MR) is 119 cm³/mol. The Morgan fingerprint density at radius 3 is 2.50 bits per heavy atom. The normalized spacial score (nSPS) is 29.4. The molecule has 3 aliphatic rings. The summed E-state index contributed by atoms with van der Waals surface area (Å²) in [5.74, 6) is -2.69. The molecule has 2 saturated heterocycles. The topological polar surface area (TPSA) is 98.7 Å². The van der Waals surface area contributed by atoms with Gasteiger partial charge in [0.2, 0.25) is 17.7 Å². The van der Waals surface area contributed by atoms with Gasteiger partial charge in [-0.15, -0.1) is 0 Å². The average molecular weight is 434 g/mol. The number of hydrogen-bond acceptors (Lipinski definition) is 5. The van der Waals surface area contributed by atoms with Crippen LogP contribution >= 0.6 is 0 Å². The number of carbonyl (C=O) groups is 3. The Bertz CT molecular complexity index is 1100. The molecule has 5 rings (SSSR count). The number of benzene rings is 2. The van der Waals surface area contributed by atoms with Crippen LogP contribution in [-0.2, 0) is 32.8 Å². The number of aliphatic hydroxyl groups is 1. The quantitative estimate of drug-likeness (QED) is 0.622. The highest BCUT2D eigenvalue weighted by atomic mass is 16.3. The van der Waals surface area contributed by atoms with Gasteiger partial charge in [-0.05, 0) is 37.0 Å². The van der Waals surface area contributed by atoms with Gasteiger partial charge < -0.3 is 10.4 Å². The van der Waals surface area contributed by atoms with Gasteiger partial charge in [-0.25, -0.2) is 0 Å². The molecule has 1 spiro atoms. The lowest BCUT2D eigenvalue weighted by Crippen LogP contribution is -2.55. The van der Waals surface area contributed by atoms with Crippen molar-refractivity contribution in [1.82, 2.24) is 10.2 Å². The lowest BCUT2D eigenvalue weighted by molar-refractivity contribution is -0.143. The van der Waals surface area contributed by atoms with E-state index in [0.29, 0.717) is 17.7 Å². The molecular formula is C25H27N3O4. The van der Waals surface area contributed by atoms with Crippen LogP contribution in [0.15, 0.2) is 48.5 Å². The van der Waals surface area contributed by atoms with Crippen LogP contribution in [0.3, 0.4) is 0 Å². The first-order valence-electron chi connectivity index (χ1n) is 11.2. The maximum absolute atomic E-state index is 13.7. The number of hydrogen-bond donors (Lipinski definition) is 3. The first kappa shape index (κ1) is 20.8. The summed E-state index contributed by atoms with van der Waals surface area (Å²) in [6.45, 7) is 3.87. The van der Waals surface area contributed by atoms with E-state index in [9.17, 15) is 19.5 Å². The fourth-order valence-electron chi connectivity index (χ4n) is 5.58. The highest BCUT2D eigenvalue weighted by Gasteiger charge is 2.71. The van der Waals surface area contributed by atoms with Gasteiger partial charge in [0.25, 0.3) is 0 Å². The summed E-state index contributed by atoms with van der Waals surface area (Å²) in [5.41, 5.74) is 2.04. The zero-order valence-electron chi connectivity index (χ0n) is 18.2. The molecule has 0 aliphatic carbocycles. The summed E-state index contributed by atoms with van der Waals surface area (Å²) in [4.78, 5) is 41.8. The van der Waals surface area contributed by atoms with Gasteiger partial charge in [0.05, 0.1) is 17.9 Å². The second-order valence-corrected chi connectivity index (χ2v) is 8.97. The highest BCUT2D eigenvalue weighted by Crippen LogP contribution is 2.53. The molecule has 2 aromatic rings. The van der Waals surface area contributed by atoms with Gasteiger partial charge in [-0.3, -0.25) is 24.6 Å². The number of rotatable bonds is 5. The number of aliphatic hydroxyl groups excluding tert-OH is 1. The van der Waals surface area contributed by atoms with Crippen LogP contribution in [0.25, 0.3) is 0 Å². The van der Waals surface area contributed by atoms with Crippen LogP contribution in [0.2, 0.25) is 0 Å². The van der Waals surface area contributed by atoms with Crippen molar-refractivity contribution in [2.24, 2.45) is 11.8 Å². The van der Waals surface area contributed by atoms with E-state index in [2.05, 4.69) is 10.6 Å². The lowest BCUT2D eigenvalue weighted by atomic mass is 9.76. The van der Waals surface area contributed by atoms with Gasteiger partial charge in [0.1, 0.15) is 5.54 Å². The fourth-order valence-corrected chi connectivity index (χ4v) is 5.58. The Hall–Kier alpha value is -3.03. The monoisotopic (exact) mass is 433 g/mol. The molecular weight excluding hydrogens is 406 g/mol. The molecule has 3 N–H and O–H groups in total. The first-order valence-corrected chi connectivity index (χ1v) is 11.2. The molecule has 3 amide bonds. The van der Waals surface area contributed by atoms with E-state index in [4.69, 9.17) is 0 Å². The fraction of sp³-hybridized carbons (Fsp3) is 0.400. The van der Waals surface area contributed by atoms with Crippen molar-refractivity contribution in [1.29, 1.82) is 0 Å². The zero-order chi connectivity index (χ0) is 22.6. The van der Waals surface area contributed by atoms with Crippen LogP contribution < -0.4 is 10.6 Å². The Morgan fingerprint density at radius 2 is 1.81 bits per heavy atom. The minimum Gasteiger partial charge on any atom is -0.392 e. The van der Waals surface area contributed by atoms with Crippen LogP contribution in [0.1, 0.15) is 30.5 Å². The number of nitrogens with zero attached hydrogens (tertiary/aromatic N) is 1. The highest BCUT2D eigenvalue weighted by molar-refractivity contribution is 6.15. The number of anilines is 1. The molecule has 166 valence electrons. The third-order valence-corrected chi connectivity index (χ3v) is 7.20. The molecule has 32 heavy (non-hydrogen) atoms. The third kappa shape index (κ3) is 2.84. The first-order chi connectivity index (χ1) is 15.4. The van der Waals surface area contributed by atoms with E-state index in [1.807, 2.05) is 55.5 Å². The van der Waals surface area contributed by atoms with Crippen molar-refractivity contribution < 1.29 is 19.5 Å². The second kappa shape index (κ2) is 7.53. The van der Waals surface area contributed by atoms with Crippen LogP contribution in [-0.4, -0.2) is 46.4 Å². The van der Waals surface area contributed by atoms with E-state index >= 15 is 0 Å². The standard InChI is InChI=1S/C25H27N3O4/c1-3-15-9-10-18-17(13-15)25(24(32)26-18)20-19(21(27-25)14(2)29)22(30)28(23(20)31)12-11-16-7-5-4-6-8-16/h4-10,13-14,19-21,27,29H,3,11-12H2,1-2H3,(H,26,32)/t14-,19+,20-,21+,25-/m1/s1. The minimum absolute atomic E-state index is 0.251. The summed E-state index contributed by atoms with van der Waals surface area (Å²) in [5, 5.41) is 16.6. The maximum Gasteiger partial charge on any atom is 0.250 e. The third-order valence-electron chi connectivity index (χ3n) is 7.20. The Kier molecular flexibility index (Phi) is 4.91. The van der Waals surface area contributed by atoms with Crippen LogP contribution in [0.5, 0.6) is 0 Å². The maximum atomic E-state index is 13.7. The van der Waals surface area contributed by atoms with E-state index in [0.717, 1.165) is 17.5 Å². The molecule has 0 unspecified atom stereocenters. The Labute approximate surface area is 186 Å². The molecule has 5 atom stereocenters. The number of carbonyl (C=O) groups excluding carboxylic acids is 3. The van der Waals surface area contributed by atoms with Gasteiger partial charge in [0, 0.05) is 23.8 Å². The summed E-state index contributed by atoms with van der Waals surface area (Å²) in [6, 6.07) is 14.7.